The van der Waals surface area contributed by atoms with Crippen LogP contribution in [0.3, 0.4) is 0 Å². The molecule has 182 valence electrons. The lowest BCUT2D eigenvalue weighted by Crippen LogP contribution is -2.33. The van der Waals surface area contributed by atoms with E-state index in [0.717, 1.165) is 0 Å². The van der Waals surface area contributed by atoms with Crippen LogP contribution in [0.1, 0.15) is 91.5 Å². The van der Waals surface area contributed by atoms with E-state index in [1.165, 1.54) is 33.4 Å². The number of allylic oxidation sites excluding steroid dienone is 6. The maximum atomic E-state index is 2.66. The topological polar surface area (TPSA) is 0 Å². The molecule has 0 saturated carbocycles. The molecule has 2 aromatic carbocycles. The van der Waals surface area contributed by atoms with Crippen LogP contribution in [0.5, 0.6) is 0 Å². The van der Waals surface area contributed by atoms with Crippen LogP contribution < -0.4 is 0 Å². The summed E-state index contributed by atoms with van der Waals surface area (Å²) in [6.45, 7) is 23.9. The smallest absolute Gasteiger partial charge is 0.0679 e. The lowest BCUT2D eigenvalue weighted by molar-refractivity contribution is 0.359. The van der Waals surface area contributed by atoms with Crippen LogP contribution in [0.4, 0.5) is 0 Å². The fraction of sp³-hybridized carbons (Fsp3) is 0.486. The first-order chi connectivity index (χ1) is 16.3. The lowest BCUT2D eigenvalue weighted by Gasteiger charge is -2.39. The van der Waals surface area contributed by atoms with E-state index in [1.807, 2.05) is 0 Å². The van der Waals surface area contributed by atoms with Crippen LogP contribution in [0.25, 0.3) is 11.1 Å². The van der Waals surface area contributed by atoms with Gasteiger partial charge in [0.2, 0.25) is 0 Å². The van der Waals surface area contributed by atoms with Gasteiger partial charge in [-0.2, -0.15) is 0 Å². The SMILES string of the molecule is CC1=CC2=C3C(C)C=C([C@@H]3[C@H](C)[C@@H]1C)C21c2cc(C(C)(C)C)ccc2-c2ccc(C(C)(C)C)cc21. The molecular formula is C35H42. The summed E-state index contributed by atoms with van der Waals surface area (Å²) in [6, 6.07) is 14.8. The van der Waals surface area contributed by atoms with Gasteiger partial charge < -0.3 is 0 Å². The van der Waals surface area contributed by atoms with Crippen molar-refractivity contribution in [1.29, 1.82) is 0 Å². The Morgan fingerprint density at radius 2 is 1.26 bits per heavy atom. The molecule has 6 rings (SSSR count). The predicted molar refractivity (Wildman–Crippen MR) is 150 cm³/mol. The molecule has 0 heteroatoms. The maximum absolute atomic E-state index is 2.66. The van der Waals surface area contributed by atoms with Gasteiger partial charge in [-0.3, -0.25) is 0 Å². The van der Waals surface area contributed by atoms with Crippen LogP contribution in [-0.2, 0) is 16.2 Å². The van der Waals surface area contributed by atoms with Crippen LogP contribution >= 0.6 is 0 Å². The number of rotatable bonds is 0. The Labute approximate surface area is 213 Å². The van der Waals surface area contributed by atoms with Gasteiger partial charge in [-0.05, 0) is 80.0 Å². The van der Waals surface area contributed by atoms with Gasteiger partial charge in [0.25, 0.3) is 0 Å². The summed E-state index contributed by atoms with van der Waals surface area (Å²) in [6.07, 6.45) is 5.28. The molecule has 0 saturated heterocycles. The first-order valence-electron chi connectivity index (χ1n) is 13.7. The molecule has 1 unspecified atom stereocenters. The molecule has 0 amide bonds. The Bertz CT molecular complexity index is 1290. The van der Waals surface area contributed by atoms with Crippen molar-refractivity contribution in [3.63, 3.8) is 0 Å². The Hall–Kier alpha value is -2.34. The molecule has 1 spiro atoms. The molecule has 0 aliphatic heterocycles. The molecule has 2 aromatic rings. The van der Waals surface area contributed by atoms with Crippen molar-refractivity contribution in [2.24, 2.45) is 23.7 Å². The number of hydrogen-bond donors (Lipinski definition) is 0. The predicted octanol–water partition coefficient (Wildman–Crippen LogP) is 9.28. The van der Waals surface area contributed by atoms with E-state index in [4.69, 9.17) is 0 Å². The average Bonchev–Trinajstić information content (AvgIpc) is 3.33. The van der Waals surface area contributed by atoms with Gasteiger partial charge in [0.05, 0.1) is 5.41 Å². The van der Waals surface area contributed by atoms with Gasteiger partial charge in [0.15, 0.2) is 0 Å². The van der Waals surface area contributed by atoms with Crippen LogP contribution in [0, 0.1) is 23.7 Å². The number of benzene rings is 2. The molecule has 0 fully saturated rings. The third-order valence-corrected chi connectivity index (χ3v) is 10.0. The van der Waals surface area contributed by atoms with E-state index < -0.39 is 0 Å². The highest BCUT2D eigenvalue weighted by atomic mass is 14.6. The van der Waals surface area contributed by atoms with Crippen molar-refractivity contribution in [1.82, 2.24) is 0 Å². The van der Waals surface area contributed by atoms with E-state index in [9.17, 15) is 0 Å². The van der Waals surface area contributed by atoms with Gasteiger partial charge in [-0.1, -0.05) is 122 Å². The zero-order valence-electron chi connectivity index (χ0n) is 23.4. The van der Waals surface area contributed by atoms with Crippen molar-refractivity contribution in [2.45, 2.75) is 85.5 Å². The third-order valence-electron chi connectivity index (χ3n) is 10.0. The van der Waals surface area contributed by atoms with Gasteiger partial charge in [-0.15, -0.1) is 0 Å². The molecular weight excluding hydrogens is 420 g/mol. The van der Waals surface area contributed by atoms with Gasteiger partial charge in [0.1, 0.15) is 0 Å². The molecule has 4 bridgehead atoms. The normalized spacial score (nSPS) is 28.2. The molecule has 0 heterocycles. The molecule has 0 nitrogen and oxygen atoms in total. The Morgan fingerprint density at radius 3 is 1.74 bits per heavy atom. The zero-order chi connectivity index (χ0) is 25.2. The van der Waals surface area contributed by atoms with E-state index in [1.54, 1.807) is 22.3 Å². The van der Waals surface area contributed by atoms with Crippen molar-refractivity contribution in [3.05, 3.63) is 93.1 Å². The molecule has 0 N–H and O–H groups in total. The molecule has 0 aromatic heterocycles. The van der Waals surface area contributed by atoms with E-state index in [2.05, 4.69) is 118 Å². The highest BCUT2D eigenvalue weighted by molar-refractivity contribution is 5.90. The zero-order valence-corrected chi connectivity index (χ0v) is 23.4. The summed E-state index contributed by atoms with van der Waals surface area (Å²) < 4.78 is 0. The third kappa shape index (κ3) is 2.80. The van der Waals surface area contributed by atoms with Gasteiger partial charge in [0, 0.05) is 5.92 Å². The summed E-state index contributed by atoms with van der Waals surface area (Å²) in [5, 5.41) is 0. The average molecular weight is 463 g/mol. The molecule has 0 radical (unpaired) electrons. The summed E-state index contributed by atoms with van der Waals surface area (Å²) in [5.74, 6) is 2.33. The fourth-order valence-corrected chi connectivity index (χ4v) is 7.74. The first-order valence-corrected chi connectivity index (χ1v) is 13.7. The Kier molecular flexibility index (Phi) is 4.55. The first kappa shape index (κ1) is 23.1. The molecule has 4 atom stereocenters. The standard InChI is InChI=1S/C35H42/c1-19-15-29-31-20(2)16-30(32(31)22(4)21(19)3)35(29)27-17-23(33(5,6)7)11-13-25(27)26-14-12-24(18-28(26)35)34(8,9)10/h11-18,20-22,32H,1-10H3/t20?,21-,22-,32+/m1/s1. The van der Waals surface area contributed by atoms with E-state index in [-0.39, 0.29) is 16.2 Å². The molecule has 35 heavy (non-hydrogen) atoms. The second-order valence-electron chi connectivity index (χ2n) is 14.1. The van der Waals surface area contributed by atoms with E-state index >= 15 is 0 Å². The Balaban J connectivity index is 1.75. The fourth-order valence-electron chi connectivity index (χ4n) is 7.74. The number of hydrogen-bond acceptors (Lipinski definition) is 0. The second kappa shape index (κ2) is 6.90. The van der Waals surface area contributed by atoms with Crippen molar-refractivity contribution in [3.8, 4) is 11.1 Å². The second-order valence-corrected chi connectivity index (χ2v) is 14.1. The minimum atomic E-state index is -0.130. The minimum Gasteiger partial charge on any atom is -0.0762 e. The monoisotopic (exact) mass is 462 g/mol. The summed E-state index contributed by atoms with van der Waals surface area (Å²) in [4.78, 5) is 0. The molecule has 4 aliphatic rings. The van der Waals surface area contributed by atoms with Crippen LogP contribution in [0.15, 0.2) is 70.8 Å². The Morgan fingerprint density at radius 1 is 0.743 bits per heavy atom. The minimum absolute atomic E-state index is 0.123. The quantitative estimate of drug-likeness (QED) is 0.342. The summed E-state index contributed by atoms with van der Waals surface area (Å²) in [7, 11) is 0. The van der Waals surface area contributed by atoms with Gasteiger partial charge >= 0.3 is 0 Å². The number of fused-ring (bicyclic) bond motifs is 7. The molecule has 4 aliphatic carbocycles. The highest BCUT2D eigenvalue weighted by Crippen LogP contribution is 2.70. The largest absolute Gasteiger partial charge is 0.0762 e. The van der Waals surface area contributed by atoms with Crippen LogP contribution in [-0.4, -0.2) is 0 Å². The van der Waals surface area contributed by atoms with Crippen molar-refractivity contribution >= 4 is 0 Å². The highest BCUT2D eigenvalue weighted by Gasteiger charge is 2.61. The van der Waals surface area contributed by atoms with Crippen molar-refractivity contribution in [2.75, 3.05) is 0 Å². The maximum Gasteiger partial charge on any atom is 0.0679 e. The van der Waals surface area contributed by atoms with E-state index in [0.29, 0.717) is 23.7 Å². The lowest BCUT2D eigenvalue weighted by atomic mass is 9.63. The summed E-state index contributed by atoms with van der Waals surface area (Å²) >= 11 is 0. The summed E-state index contributed by atoms with van der Waals surface area (Å²) in [5.41, 5.74) is 15.5. The van der Waals surface area contributed by atoms with Crippen molar-refractivity contribution < 1.29 is 0 Å². The van der Waals surface area contributed by atoms with Crippen LogP contribution in [0.2, 0.25) is 0 Å². The van der Waals surface area contributed by atoms with Gasteiger partial charge in [-0.25, -0.2) is 0 Å².